The first kappa shape index (κ1) is 13.4. The molecule has 16 heavy (non-hydrogen) atoms. The molecule has 0 bridgehead atoms. The van der Waals surface area contributed by atoms with Gasteiger partial charge in [0.05, 0.1) is 5.54 Å². The smallest absolute Gasteiger partial charge is 0.240 e. The zero-order valence-electron chi connectivity index (χ0n) is 10.1. The van der Waals surface area contributed by atoms with Crippen molar-refractivity contribution in [1.29, 1.82) is 0 Å². The zero-order valence-corrected chi connectivity index (χ0v) is 10.1. The fraction of sp³-hybridized carbons (Fsp3) is 0.909. The van der Waals surface area contributed by atoms with Gasteiger partial charge in [0, 0.05) is 33.0 Å². The van der Waals surface area contributed by atoms with Gasteiger partial charge in [0.25, 0.3) is 0 Å². The number of hydrogen-bond donors (Lipinski definition) is 2. The van der Waals surface area contributed by atoms with E-state index in [1.807, 2.05) is 6.92 Å². The molecular weight excluding hydrogens is 208 g/mol. The van der Waals surface area contributed by atoms with Crippen LogP contribution in [-0.4, -0.2) is 44.4 Å². The van der Waals surface area contributed by atoms with E-state index < -0.39 is 5.54 Å². The second kappa shape index (κ2) is 6.18. The number of carbonyl (C=O) groups is 1. The number of amides is 1. The molecule has 0 aliphatic carbocycles. The molecule has 0 aromatic carbocycles. The second-order valence-electron chi connectivity index (χ2n) is 4.42. The number of hydrogen-bond acceptors (Lipinski definition) is 4. The van der Waals surface area contributed by atoms with Crippen LogP contribution in [0.1, 0.15) is 26.2 Å². The highest BCUT2D eigenvalue weighted by Gasteiger charge is 2.36. The summed E-state index contributed by atoms with van der Waals surface area (Å²) in [7, 11) is 1.65. The maximum atomic E-state index is 12.0. The highest BCUT2D eigenvalue weighted by Crippen LogP contribution is 2.17. The quantitative estimate of drug-likeness (QED) is 0.699. The van der Waals surface area contributed by atoms with Crippen molar-refractivity contribution < 1.29 is 14.3 Å². The molecule has 0 radical (unpaired) electrons. The maximum absolute atomic E-state index is 12.0. The van der Waals surface area contributed by atoms with E-state index in [-0.39, 0.29) is 11.9 Å². The second-order valence-corrected chi connectivity index (χ2v) is 4.42. The molecule has 5 heteroatoms. The van der Waals surface area contributed by atoms with Gasteiger partial charge < -0.3 is 20.5 Å². The molecule has 1 saturated heterocycles. The van der Waals surface area contributed by atoms with Gasteiger partial charge in [-0.25, -0.2) is 0 Å². The first-order valence-corrected chi connectivity index (χ1v) is 5.75. The average Bonchev–Trinajstić information content (AvgIpc) is 2.27. The Morgan fingerprint density at radius 2 is 2.19 bits per heavy atom. The van der Waals surface area contributed by atoms with Gasteiger partial charge >= 0.3 is 0 Å². The summed E-state index contributed by atoms with van der Waals surface area (Å²) in [6, 6.07) is 0.0933. The van der Waals surface area contributed by atoms with E-state index >= 15 is 0 Å². The van der Waals surface area contributed by atoms with Gasteiger partial charge in [-0.2, -0.15) is 0 Å². The molecule has 3 N–H and O–H groups in total. The van der Waals surface area contributed by atoms with E-state index in [4.69, 9.17) is 15.2 Å². The van der Waals surface area contributed by atoms with Crippen LogP contribution in [0.4, 0.5) is 0 Å². The van der Waals surface area contributed by atoms with Crippen molar-refractivity contribution >= 4 is 5.91 Å². The molecule has 1 unspecified atom stereocenters. The SMILES string of the molecule is COCCC(C)NC(=O)C1(N)CCOCC1. The molecule has 1 aliphatic rings. The van der Waals surface area contributed by atoms with Crippen molar-refractivity contribution in [2.45, 2.75) is 37.8 Å². The molecule has 1 fully saturated rings. The van der Waals surface area contributed by atoms with Crippen molar-refractivity contribution in [3.63, 3.8) is 0 Å². The lowest BCUT2D eigenvalue weighted by atomic mass is 9.90. The monoisotopic (exact) mass is 230 g/mol. The Kier molecular flexibility index (Phi) is 5.18. The van der Waals surface area contributed by atoms with Crippen molar-refractivity contribution in [1.82, 2.24) is 5.32 Å². The lowest BCUT2D eigenvalue weighted by molar-refractivity contribution is -0.130. The molecular formula is C11H22N2O3. The highest BCUT2D eigenvalue weighted by molar-refractivity contribution is 5.86. The summed E-state index contributed by atoms with van der Waals surface area (Å²) in [6.07, 6.45) is 1.99. The summed E-state index contributed by atoms with van der Waals surface area (Å²) in [5, 5.41) is 2.93. The number of carbonyl (C=O) groups excluding carboxylic acids is 1. The van der Waals surface area contributed by atoms with Gasteiger partial charge in [-0.3, -0.25) is 4.79 Å². The Bertz CT molecular complexity index is 227. The topological polar surface area (TPSA) is 73.6 Å². The Morgan fingerprint density at radius 1 is 1.56 bits per heavy atom. The first-order chi connectivity index (χ1) is 7.58. The predicted octanol–water partition coefficient (Wildman–Crippen LogP) is 0.0355. The minimum Gasteiger partial charge on any atom is -0.385 e. The fourth-order valence-electron chi connectivity index (χ4n) is 1.70. The lowest BCUT2D eigenvalue weighted by Crippen LogP contribution is -2.58. The van der Waals surface area contributed by atoms with E-state index in [0.717, 1.165) is 6.42 Å². The third kappa shape index (κ3) is 3.73. The third-order valence-corrected chi connectivity index (χ3v) is 2.97. The molecule has 0 aromatic rings. The Hall–Kier alpha value is -0.650. The number of rotatable bonds is 5. The largest absolute Gasteiger partial charge is 0.385 e. The molecule has 1 rings (SSSR count). The molecule has 1 atom stereocenters. The molecule has 1 heterocycles. The Labute approximate surface area is 96.7 Å². The first-order valence-electron chi connectivity index (χ1n) is 5.75. The summed E-state index contributed by atoms with van der Waals surface area (Å²) in [5.41, 5.74) is 5.31. The summed E-state index contributed by atoms with van der Waals surface area (Å²) < 4.78 is 10.2. The van der Waals surface area contributed by atoms with E-state index in [2.05, 4.69) is 5.32 Å². The maximum Gasteiger partial charge on any atom is 0.240 e. The predicted molar refractivity (Wildman–Crippen MR) is 61.1 cm³/mol. The van der Waals surface area contributed by atoms with Crippen LogP contribution < -0.4 is 11.1 Å². The average molecular weight is 230 g/mol. The van der Waals surface area contributed by atoms with Crippen molar-refractivity contribution in [2.24, 2.45) is 5.73 Å². The molecule has 1 aliphatic heterocycles. The third-order valence-electron chi connectivity index (χ3n) is 2.97. The fourth-order valence-corrected chi connectivity index (χ4v) is 1.70. The number of nitrogens with one attached hydrogen (secondary N) is 1. The van der Waals surface area contributed by atoms with E-state index in [9.17, 15) is 4.79 Å². The molecule has 0 saturated carbocycles. The number of ether oxygens (including phenoxy) is 2. The van der Waals surface area contributed by atoms with Crippen LogP contribution >= 0.6 is 0 Å². The lowest BCUT2D eigenvalue weighted by Gasteiger charge is -2.32. The number of nitrogens with two attached hydrogens (primary N) is 1. The van der Waals surface area contributed by atoms with Gasteiger partial charge in [-0.05, 0) is 26.2 Å². The Morgan fingerprint density at radius 3 is 2.75 bits per heavy atom. The molecule has 5 nitrogen and oxygen atoms in total. The molecule has 0 spiro atoms. The Balaban J connectivity index is 2.38. The van der Waals surface area contributed by atoms with Crippen LogP contribution in [-0.2, 0) is 14.3 Å². The summed E-state index contributed by atoms with van der Waals surface area (Å²) >= 11 is 0. The van der Waals surface area contributed by atoms with E-state index in [1.165, 1.54) is 0 Å². The van der Waals surface area contributed by atoms with Crippen molar-refractivity contribution in [3.8, 4) is 0 Å². The molecule has 1 amide bonds. The van der Waals surface area contributed by atoms with Crippen molar-refractivity contribution in [2.75, 3.05) is 26.9 Å². The summed E-state index contributed by atoms with van der Waals surface area (Å²) in [5.74, 6) is -0.0700. The highest BCUT2D eigenvalue weighted by atomic mass is 16.5. The summed E-state index contributed by atoms with van der Waals surface area (Å²) in [4.78, 5) is 12.0. The number of methoxy groups -OCH3 is 1. The summed E-state index contributed by atoms with van der Waals surface area (Å²) in [6.45, 7) is 3.73. The van der Waals surface area contributed by atoms with Crippen LogP contribution in [0.15, 0.2) is 0 Å². The minimum atomic E-state index is -0.750. The minimum absolute atomic E-state index is 0.0700. The van der Waals surface area contributed by atoms with Crippen LogP contribution in [0.2, 0.25) is 0 Å². The normalized spacial score (nSPS) is 21.4. The van der Waals surface area contributed by atoms with Gasteiger partial charge in [-0.1, -0.05) is 0 Å². The molecule has 94 valence electrons. The van der Waals surface area contributed by atoms with Gasteiger partial charge in [0.15, 0.2) is 0 Å². The van der Waals surface area contributed by atoms with Crippen LogP contribution in [0.3, 0.4) is 0 Å². The van der Waals surface area contributed by atoms with Gasteiger partial charge in [0.2, 0.25) is 5.91 Å². The van der Waals surface area contributed by atoms with Gasteiger partial charge in [0.1, 0.15) is 0 Å². The zero-order chi connectivity index (χ0) is 12.0. The van der Waals surface area contributed by atoms with Gasteiger partial charge in [-0.15, -0.1) is 0 Å². The van der Waals surface area contributed by atoms with E-state index in [1.54, 1.807) is 7.11 Å². The van der Waals surface area contributed by atoms with Crippen LogP contribution in [0.25, 0.3) is 0 Å². The van der Waals surface area contributed by atoms with Crippen molar-refractivity contribution in [3.05, 3.63) is 0 Å². The molecule has 0 aromatic heterocycles. The standard InChI is InChI=1S/C11H22N2O3/c1-9(3-6-15-2)13-10(14)11(12)4-7-16-8-5-11/h9H,3-8,12H2,1-2H3,(H,13,14). The van der Waals surface area contributed by atoms with Crippen LogP contribution in [0.5, 0.6) is 0 Å². The van der Waals surface area contributed by atoms with E-state index in [0.29, 0.717) is 32.7 Å². The van der Waals surface area contributed by atoms with Crippen LogP contribution in [0, 0.1) is 0 Å².